The maximum atomic E-state index is 12.3. The van der Waals surface area contributed by atoms with Crippen molar-refractivity contribution < 1.29 is 27.5 Å². The zero-order valence-corrected chi connectivity index (χ0v) is 9.90. The summed E-state index contributed by atoms with van der Waals surface area (Å²) in [6.07, 6.45) is -4.90. The third-order valence-corrected chi connectivity index (χ3v) is 2.70. The molecule has 4 nitrogen and oxygen atoms in total. The third kappa shape index (κ3) is 2.69. The molecule has 19 heavy (non-hydrogen) atoms. The Morgan fingerprint density at radius 2 is 1.89 bits per heavy atom. The predicted octanol–water partition coefficient (Wildman–Crippen LogP) is 2.48. The van der Waals surface area contributed by atoms with E-state index in [9.17, 15) is 22.8 Å². The molecule has 0 bridgehead atoms. The largest absolute Gasteiger partial charge is 0.573 e. The second-order valence-corrected chi connectivity index (χ2v) is 4.19. The van der Waals surface area contributed by atoms with Crippen LogP contribution in [0.2, 0.25) is 0 Å². The summed E-state index contributed by atoms with van der Waals surface area (Å²) in [6, 6.07) is 5.07. The van der Waals surface area contributed by atoms with Gasteiger partial charge in [0, 0.05) is 12.3 Å². The highest BCUT2D eigenvalue weighted by molar-refractivity contribution is 6.21. The molecule has 102 valence electrons. The van der Waals surface area contributed by atoms with E-state index in [1.54, 1.807) is 6.92 Å². The number of para-hydroxylation sites is 2. The molecule has 1 fully saturated rings. The number of carbonyl (C=O) groups excluding carboxylic acids is 2. The summed E-state index contributed by atoms with van der Waals surface area (Å²) in [6.45, 7) is 1.55. The van der Waals surface area contributed by atoms with Gasteiger partial charge in [-0.05, 0) is 12.1 Å². The highest BCUT2D eigenvalue weighted by atomic mass is 19.4. The molecular weight excluding hydrogens is 263 g/mol. The number of rotatable bonds is 2. The summed E-state index contributed by atoms with van der Waals surface area (Å²) >= 11 is 0. The topological polar surface area (TPSA) is 46.6 Å². The van der Waals surface area contributed by atoms with Crippen molar-refractivity contribution >= 4 is 17.5 Å². The molecule has 0 aliphatic carbocycles. The molecule has 1 aromatic carbocycles. The van der Waals surface area contributed by atoms with E-state index < -0.39 is 29.8 Å². The number of hydrogen-bond acceptors (Lipinski definition) is 3. The van der Waals surface area contributed by atoms with Crippen molar-refractivity contribution in [1.82, 2.24) is 0 Å². The van der Waals surface area contributed by atoms with Crippen LogP contribution in [0.5, 0.6) is 5.75 Å². The molecule has 0 aromatic heterocycles. The fraction of sp³-hybridized carbons (Fsp3) is 0.333. The molecule has 0 N–H and O–H groups in total. The zero-order chi connectivity index (χ0) is 14.2. The number of ether oxygens (including phenoxy) is 1. The number of carbonyl (C=O) groups is 2. The van der Waals surface area contributed by atoms with Gasteiger partial charge in [0.25, 0.3) is 0 Å². The van der Waals surface area contributed by atoms with Gasteiger partial charge in [0.2, 0.25) is 11.8 Å². The Kier molecular flexibility index (Phi) is 3.21. The van der Waals surface area contributed by atoms with Crippen LogP contribution in [0.1, 0.15) is 13.3 Å². The van der Waals surface area contributed by atoms with Gasteiger partial charge >= 0.3 is 6.36 Å². The lowest BCUT2D eigenvalue weighted by molar-refractivity contribution is -0.274. The van der Waals surface area contributed by atoms with Gasteiger partial charge in [-0.25, -0.2) is 4.90 Å². The Bertz CT molecular complexity index is 527. The first kappa shape index (κ1) is 13.4. The lowest BCUT2D eigenvalue weighted by atomic mass is 10.1. The summed E-state index contributed by atoms with van der Waals surface area (Å²) in [5, 5.41) is 0. The quantitative estimate of drug-likeness (QED) is 0.778. The number of alkyl halides is 3. The van der Waals surface area contributed by atoms with Crippen molar-refractivity contribution in [2.45, 2.75) is 19.7 Å². The first-order valence-electron chi connectivity index (χ1n) is 5.51. The monoisotopic (exact) mass is 273 g/mol. The maximum Gasteiger partial charge on any atom is 0.573 e. The first-order valence-corrected chi connectivity index (χ1v) is 5.51. The molecule has 2 rings (SSSR count). The summed E-state index contributed by atoms with van der Waals surface area (Å²) in [7, 11) is 0. The van der Waals surface area contributed by atoms with Crippen LogP contribution < -0.4 is 9.64 Å². The molecule has 2 amide bonds. The zero-order valence-electron chi connectivity index (χ0n) is 9.90. The normalized spacial score (nSPS) is 20.0. The van der Waals surface area contributed by atoms with E-state index in [0.29, 0.717) is 0 Å². The van der Waals surface area contributed by atoms with Gasteiger partial charge in [0.1, 0.15) is 0 Å². The number of benzene rings is 1. The summed E-state index contributed by atoms with van der Waals surface area (Å²) in [5.41, 5.74) is -0.181. The lowest BCUT2D eigenvalue weighted by Gasteiger charge is -2.19. The highest BCUT2D eigenvalue weighted by Gasteiger charge is 2.40. The van der Waals surface area contributed by atoms with Crippen LogP contribution in [0.25, 0.3) is 0 Å². The first-order chi connectivity index (χ1) is 8.79. The van der Waals surface area contributed by atoms with Gasteiger partial charge in [-0.3, -0.25) is 9.59 Å². The SMILES string of the molecule is CC1CC(=O)N(c2ccccc2OC(F)(F)F)C1=O. The Morgan fingerprint density at radius 1 is 1.26 bits per heavy atom. The second kappa shape index (κ2) is 4.56. The van der Waals surface area contributed by atoms with E-state index in [1.165, 1.54) is 18.2 Å². The molecule has 1 aliphatic rings. The van der Waals surface area contributed by atoms with E-state index >= 15 is 0 Å². The van der Waals surface area contributed by atoms with Crippen molar-refractivity contribution in [3.8, 4) is 5.75 Å². The van der Waals surface area contributed by atoms with E-state index in [0.717, 1.165) is 11.0 Å². The minimum Gasteiger partial charge on any atom is -0.404 e. The number of amides is 2. The molecule has 1 heterocycles. The summed E-state index contributed by atoms with van der Waals surface area (Å²) in [5.74, 6) is -2.16. The van der Waals surface area contributed by atoms with Gasteiger partial charge in [0.05, 0.1) is 5.69 Å². The molecule has 0 radical (unpaired) electrons. The molecule has 0 spiro atoms. The van der Waals surface area contributed by atoms with Crippen molar-refractivity contribution in [3.63, 3.8) is 0 Å². The average Bonchev–Trinajstić information content (AvgIpc) is 2.52. The van der Waals surface area contributed by atoms with Gasteiger partial charge in [-0.2, -0.15) is 0 Å². The molecule has 1 atom stereocenters. The van der Waals surface area contributed by atoms with Crippen LogP contribution in [0, 0.1) is 5.92 Å². The van der Waals surface area contributed by atoms with Crippen molar-refractivity contribution in [2.24, 2.45) is 5.92 Å². The Balaban J connectivity index is 2.40. The highest BCUT2D eigenvalue weighted by Crippen LogP contribution is 2.36. The molecule has 0 saturated carbocycles. The van der Waals surface area contributed by atoms with Crippen LogP contribution in [-0.4, -0.2) is 18.2 Å². The fourth-order valence-electron chi connectivity index (χ4n) is 1.89. The molecule has 1 unspecified atom stereocenters. The standard InChI is InChI=1S/C12H10F3NO3/c1-7-6-10(17)16(11(7)18)8-4-2-3-5-9(8)19-12(13,14)15/h2-5,7H,6H2,1H3. The van der Waals surface area contributed by atoms with Crippen LogP contribution >= 0.6 is 0 Å². The Morgan fingerprint density at radius 3 is 2.42 bits per heavy atom. The summed E-state index contributed by atoms with van der Waals surface area (Å²) in [4.78, 5) is 24.2. The van der Waals surface area contributed by atoms with Crippen LogP contribution in [0.3, 0.4) is 0 Å². The molecule has 1 aliphatic heterocycles. The van der Waals surface area contributed by atoms with Crippen molar-refractivity contribution in [3.05, 3.63) is 24.3 Å². The molecular formula is C12H10F3NO3. The van der Waals surface area contributed by atoms with Crippen molar-refractivity contribution in [1.29, 1.82) is 0 Å². The fourth-order valence-corrected chi connectivity index (χ4v) is 1.89. The average molecular weight is 273 g/mol. The van der Waals surface area contributed by atoms with Gasteiger partial charge in [0.15, 0.2) is 5.75 Å². The van der Waals surface area contributed by atoms with E-state index in [1.807, 2.05) is 0 Å². The minimum atomic E-state index is -4.88. The maximum absolute atomic E-state index is 12.3. The molecule has 1 saturated heterocycles. The minimum absolute atomic E-state index is 0.0147. The number of anilines is 1. The number of nitrogens with zero attached hydrogens (tertiary/aromatic N) is 1. The summed E-state index contributed by atoms with van der Waals surface area (Å²) < 4.78 is 40.6. The Labute approximate surface area is 106 Å². The predicted molar refractivity (Wildman–Crippen MR) is 59.4 cm³/mol. The van der Waals surface area contributed by atoms with E-state index in [4.69, 9.17) is 0 Å². The number of hydrogen-bond donors (Lipinski definition) is 0. The van der Waals surface area contributed by atoms with Crippen LogP contribution in [0.4, 0.5) is 18.9 Å². The van der Waals surface area contributed by atoms with Gasteiger partial charge < -0.3 is 4.74 Å². The molecule has 7 heteroatoms. The number of imide groups is 1. The third-order valence-electron chi connectivity index (χ3n) is 2.70. The molecule has 1 aromatic rings. The van der Waals surface area contributed by atoms with Gasteiger partial charge in [-0.15, -0.1) is 13.2 Å². The Hall–Kier alpha value is -2.05. The smallest absolute Gasteiger partial charge is 0.404 e. The van der Waals surface area contributed by atoms with Crippen LogP contribution in [0.15, 0.2) is 24.3 Å². The van der Waals surface area contributed by atoms with Crippen molar-refractivity contribution in [2.75, 3.05) is 4.90 Å². The van der Waals surface area contributed by atoms with Crippen LogP contribution in [-0.2, 0) is 9.59 Å². The van der Waals surface area contributed by atoms with Gasteiger partial charge in [-0.1, -0.05) is 19.1 Å². The lowest BCUT2D eigenvalue weighted by Crippen LogP contribution is -2.31. The second-order valence-electron chi connectivity index (χ2n) is 4.19. The number of halogens is 3. The van der Waals surface area contributed by atoms with E-state index in [2.05, 4.69) is 4.74 Å². The van der Waals surface area contributed by atoms with E-state index in [-0.39, 0.29) is 12.1 Å².